The fourth-order valence-corrected chi connectivity index (χ4v) is 2.33. The van der Waals surface area contributed by atoms with Gasteiger partial charge in [0.2, 0.25) is 0 Å². The molecule has 1 aliphatic carbocycles. The van der Waals surface area contributed by atoms with Gasteiger partial charge in [0.05, 0.1) is 11.8 Å². The lowest BCUT2D eigenvalue weighted by Crippen LogP contribution is -2.41. The van der Waals surface area contributed by atoms with Gasteiger partial charge in [-0.1, -0.05) is 12.8 Å². The van der Waals surface area contributed by atoms with Crippen molar-refractivity contribution in [3.8, 4) is 0 Å². The molecule has 1 aromatic rings. The number of pyridine rings is 1. The van der Waals surface area contributed by atoms with Crippen molar-refractivity contribution in [1.82, 2.24) is 10.3 Å². The van der Waals surface area contributed by atoms with Gasteiger partial charge in [-0.2, -0.15) is 0 Å². The number of halogens is 1. The molecule has 88 valence electrons. The third-order valence-electron chi connectivity index (χ3n) is 3.06. The Labute approximate surface area is 104 Å². The van der Waals surface area contributed by atoms with Crippen LogP contribution >= 0.6 is 15.9 Å². The molecule has 0 bridgehead atoms. The van der Waals surface area contributed by atoms with Gasteiger partial charge in [0.15, 0.2) is 0 Å². The van der Waals surface area contributed by atoms with E-state index in [0.29, 0.717) is 0 Å². The van der Waals surface area contributed by atoms with Gasteiger partial charge in [-0.05, 0) is 40.9 Å². The van der Waals surface area contributed by atoms with Crippen LogP contribution < -0.4 is 5.32 Å². The average molecular weight is 285 g/mol. The van der Waals surface area contributed by atoms with Gasteiger partial charge in [0.25, 0.3) is 0 Å². The lowest BCUT2D eigenvalue weighted by Gasteiger charge is -2.28. The van der Waals surface area contributed by atoms with Gasteiger partial charge >= 0.3 is 0 Å². The Morgan fingerprint density at radius 1 is 1.38 bits per heavy atom. The Hall–Kier alpha value is -0.450. The molecule has 4 heteroatoms. The van der Waals surface area contributed by atoms with E-state index in [2.05, 4.69) is 26.2 Å². The third-order valence-corrected chi connectivity index (χ3v) is 3.53. The van der Waals surface area contributed by atoms with Crippen LogP contribution in [0.3, 0.4) is 0 Å². The predicted molar refractivity (Wildman–Crippen MR) is 67.0 cm³/mol. The van der Waals surface area contributed by atoms with Crippen LogP contribution in [-0.2, 0) is 6.54 Å². The molecule has 3 nitrogen and oxygen atoms in total. The summed E-state index contributed by atoms with van der Waals surface area (Å²) in [5.41, 5.74) is 1.01. The second-order valence-corrected chi connectivity index (χ2v) is 5.22. The molecule has 0 amide bonds. The van der Waals surface area contributed by atoms with Crippen LogP contribution in [0, 0.1) is 0 Å². The molecular weight excluding hydrogens is 268 g/mol. The number of aromatic nitrogens is 1. The summed E-state index contributed by atoms with van der Waals surface area (Å²) in [6.45, 7) is 0.731. The Morgan fingerprint density at radius 2 is 2.19 bits per heavy atom. The Morgan fingerprint density at radius 3 is 2.88 bits per heavy atom. The van der Waals surface area contributed by atoms with Crippen LogP contribution in [0.15, 0.2) is 22.8 Å². The highest BCUT2D eigenvalue weighted by atomic mass is 79.9. The molecule has 1 fully saturated rings. The van der Waals surface area contributed by atoms with Crippen LogP contribution in [0.2, 0.25) is 0 Å². The quantitative estimate of drug-likeness (QED) is 0.895. The van der Waals surface area contributed by atoms with E-state index in [9.17, 15) is 5.11 Å². The van der Waals surface area contributed by atoms with E-state index in [-0.39, 0.29) is 12.1 Å². The SMILES string of the molecule is OC1CCCCC1NCc1ccc(Br)cn1. The maximum atomic E-state index is 9.80. The number of hydrogen-bond acceptors (Lipinski definition) is 3. The highest BCUT2D eigenvalue weighted by molar-refractivity contribution is 9.10. The summed E-state index contributed by atoms with van der Waals surface area (Å²) in [6.07, 6.45) is 5.96. The lowest BCUT2D eigenvalue weighted by molar-refractivity contribution is 0.0901. The maximum absolute atomic E-state index is 9.80. The van der Waals surface area contributed by atoms with E-state index in [4.69, 9.17) is 0 Å². The molecule has 2 unspecified atom stereocenters. The zero-order valence-electron chi connectivity index (χ0n) is 9.19. The summed E-state index contributed by atoms with van der Waals surface area (Å²) in [5.74, 6) is 0. The number of aliphatic hydroxyl groups is 1. The first-order valence-electron chi connectivity index (χ1n) is 5.77. The van der Waals surface area contributed by atoms with Crippen LogP contribution in [-0.4, -0.2) is 22.2 Å². The number of nitrogens with zero attached hydrogens (tertiary/aromatic N) is 1. The molecule has 1 saturated carbocycles. The molecule has 0 saturated heterocycles. The van der Waals surface area contributed by atoms with Crippen LogP contribution in [0.1, 0.15) is 31.4 Å². The molecule has 0 spiro atoms. The molecule has 2 rings (SSSR count). The first-order chi connectivity index (χ1) is 7.75. The van der Waals surface area contributed by atoms with Gasteiger partial charge in [-0.25, -0.2) is 0 Å². The number of nitrogens with one attached hydrogen (secondary N) is 1. The molecule has 16 heavy (non-hydrogen) atoms. The maximum Gasteiger partial charge on any atom is 0.0693 e. The standard InChI is InChI=1S/C12H17BrN2O/c13-9-5-6-10(14-7-9)8-15-11-3-1-2-4-12(11)16/h5-7,11-12,15-16H,1-4,8H2. The third kappa shape index (κ3) is 3.27. The minimum atomic E-state index is -0.191. The summed E-state index contributed by atoms with van der Waals surface area (Å²) in [7, 11) is 0. The fraction of sp³-hybridized carbons (Fsp3) is 0.583. The van der Waals surface area contributed by atoms with E-state index in [1.165, 1.54) is 6.42 Å². The van der Waals surface area contributed by atoms with Crippen molar-refractivity contribution < 1.29 is 5.11 Å². The average Bonchev–Trinajstić information content (AvgIpc) is 2.30. The van der Waals surface area contributed by atoms with E-state index < -0.39 is 0 Å². The Balaban J connectivity index is 1.84. The van der Waals surface area contributed by atoms with Gasteiger partial charge < -0.3 is 10.4 Å². The van der Waals surface area contributed by atoms with Crippen molar-refractivity contribution in [2.24, 2.45) is 0 Å². The smallest absolute Gasteiger partial charge is 0.0693 e. The fourth-order valence-electron chi connectivity index (χ4n) is 2.10. The highest BCUT2D eigenvalue weighted by Crippen LogP contribution is 2.18. The number of aliphatic hydroxyl groups excluding tert-OH is 1. The Bertz CT molecular complexity index is 328. The van der Waals surface area contributed by atoms with E-state index in [0.717, 1.165) is 36.0 Å². The second-order valence-electron chi connectivity index (χ2n) is 4.31. The molecule has 0 radical (unpaired) electrons. The van der Waals surface area contributed by atoms with Gasteiger partial charge in [-0.15, -0.1) is 0 Å². The summed E-state index contributed by atoms with van der Waals surface area (Å²) >= 11 is 3.36. The molecular formula is C12H17BrN2O. The second kappa shape index (κ2) is 5.75. The van der Waals surface area contributed by atoms with Crippen molar-refractivity contribution in [3.05, 3.63) is 28.5 Å². The zero-order valence-corrected chi connectivity index (χ0v) is 10.8. The largest absolute Gasteiger partial charge is 0.392 e. The normalized spacial score (nSPS) is 25.6. The topological polar surface area (TPSA) is 45.1 Å². The first-order valence-corrected chi connectivity index (χ1v) is 6.57. The molecule has 0 aromatic carbocycles. The van der Waals surface area contributed by atoms with Crippen LogP contribution in [0.5, 0.6) is 0 Å². The molecule has 1 aromatic heterocycles. The van der Waals surface area contributed by atoms with E-state index in [1.54, 1.807) is 6.20 Å². The van der Waals surface area contributed by atoms with Crippen molar-refractivity contribution in [2.45, 2.75) is 44.4 Å². The van der Waals surface area contributed by atoms with Crippen molar-refractivity contribution in [2.75, 3.05) is 0 Å². The minimum Gasteiger partial charge on any atom is -0.392 e. The Kier molecular flexibility index (Phi) is 4.32. The monoisotopic (exact) mass is 284 g/mol. The van der Waals surface area contributed by atoms with Crippen LogP contribution in [0.4, 0.5) is 0 Å². The minimum absolute atomic E-state index is 0.191. The number of hydrogen-bond donors (Lipinski definition) is 2. The summed E-state index contributed by atoms with van der Waals surface area (Å²) in [5, 5.41) is 13.2. The summed E-state index contributed by atoms with van der Waals surface area (Å²) < 4.78 is 0.994. The molecule has 1 heterocycles. The summed E-state index contributed by atoms with van der Waals surface area (Å²) in [6, 6.07) is 4.22. The van der Waals surface area contributed by atoms with Crippen molar-refractivity contribution in [3.63, 3.8) is 0 Å². The van der Waals surface area contributed by atoms with Gasteiger partial charge in [-0.3, -0.25) is 4.98 Å². The summed E-state index contributed by atoms with van der Waals surface area (Å²) in [4.78, 5) is 4.30. The van der Waals surface area contributed by atoms with Gasteiger partial charge in [0.1, 0.15) is 0 Å². The highest BCUT2D eigenvalue weighted by Gasteiger charge is 2.22. The lowest BCUT2D eigenvalue weighted by atomic mass is 9.92. The van der Waals surface area contributed by atoms with Crippen molar-refractivity contribution in [1.29, 1.82) is 0 Å². The van der Waals surface area contributed by atoms with Crippen LogP contribution in [0.25, 0.3) is 0 Å². The van der Waals surface area contributed by atoms with Crippen molar-refractivity contribution >= 4 is 15.9 Å². The molecule has 1 aliphatic rings. The van der Waals surface area contributed by atoms with E-state index in [1.807, 2.05) is 12.1 Å². The predicted octanol–water partition coefficient (Wildman–Crippen LogP) is 2.24. The molecule has 2 N–H and O–H groups in total. The molecule has 2 atom stereocenters. The molecule has 0 aliphatic heterocycles. The number of rotatable bonds is 3. The zero-order chi connectivity index (χ0) is 11.4. The van der Waals surface area contributed by atoms with Gasteiger partial charge in [0, 0.05) is 23.3 Å². The van der Waals surface area contributed by atoms with E-state index >= 15 is 0 Å². The first kappa shape index (κ1) is 12.0.